The van der Waals surface area contributed by atoms with Crippen LogP contribution in [0.15, 0.2) is 40.9 Å². The van der Waals surface area contributed by atoms with Crippen LogP contribution < -0.4 is 14.8 Å². The number of rotatable bonds is 5. The van der Waals surface area contributed by atoms with Gasteiger partial charge in [-0.3, -0.25) is 5.10 Å². The Morgan fingerprint density at radius 3 is 2.68 bits per heavy atom. The maximum absolute atomic E-state index is 5.42. The number of hydrogen-bond donors (Lipinski definition) is 2. The molecule has 0 radical (unpaired) electrons. The lowest BCUT2D eigenvalue weighted by molar-refractivity contribution is 0.355. The van der Waals surface area contributed by atoms with Gasteiger partial charge in [-0.25, -0.2) is 0 Å². The molecule has 3 aromatic rings. The quantitative estimate of drug-likeness (QED) is 0.522. The molecule has 2 aromatic carbocycles. The molecule has 1 heterocycles. The summed E-state index contributed by atoms with van der Waals surface area (Å²) in [5.41, 5.74) is 5.75. The third-order valence-corrected chi connectivity index (χ3v) is 5.29. The first-order chi connectivity index (χ1) is 12.2. The van der Waals surface area contributed by atoms with Crippen LogP contribution in [0.4, 0.5) is 5.82 Å². The Bertz CT molecular complexity index is 936. The predicted molar refractivity (Wildman–Crippen MR) is 101 cm³/mol. The van der Waals surface area contributed by atoms with Gasteiger partial charge in [-0.05, 0) is 29.3 Å². The molecule has 128 valence electrons. The standard InChI is InChI=1S/C19H18BrN3O2/c1-24-16-8-12-7-14-18(13(12)9-17(16)25-2)22-23-19(14)21-10-11-5-3-4-6-15(11)20/h3-6,8-9H,7,10H2,1-2H3,(H2,21,22,23). The molecule has 0 bridgehead atoms. The van der Waals surface area contributed by atoms with Crippen LogP contribution in [0.3, 0.4) is 0 Å². The highest BCUT2D eigenvalue weighted by molar-refractivity contribution is 9.10. The van der Waals surface area contributed by atoms with Crippen molar-refractivity contribution in [3.05, 3.63) is 57.6 Å². The molecule has 25 heavy (non-hydrogen) atoms. The maximum Gasteiger partial charge on any atom is 0.161 e. The normalized spacial score (nSPS) is 11.8. The first-order valence-corrected chi connectivity index (χ1v) is 8.80. The van der Waals surface area contributed by atoms with E-state index >= 15 is 0 Å². The van der Waals surface area contributed by atoms with Crippen molar-refractivity contribution in [1.82, 2.24) is 10.2 Å². The van der Waals surface area contributed by atoms with Crippen molar-refractivity contribution < 1.29 is 9.47 Å². The Labute approximate surface area is 154 Å². The van der Waals surface area contributed by atoms with Crippen molar-refractivity contribution in [2.24, 2.45) is 0 Å². The molecule has 1 aliphatic carbocycles. The largest absolute Gasteiger partial charge is 0.493 e. The smallest absolute Gasteiger partial charge is 0.161 e. The van der Waals surface area contributed by atoms with E-state index in [0.717, 1.165) is 39.5 Å². The molecule has 0 saturated heterocycles. The number of ether oxygens (including phenoxy) is 2. The van der Waals surface area contributed by atoms with E-state index in [4.69, 9.17) is 9.47 Å². The van der Waals surface area contributed by atoms with Crippen LogP contribution in [-0.2, 0) is 13.0 Å². The van der Waals surface area contributed by atoms with Crippen LogP contribution in [0.1, 0.15) is 16.7 Å². The molecule has 5 nitrogen and oxygen atoms in total. The van der Waals surface area contributed by atoms with Crippen molar-refractivity contribution in [2.75, 3.05) is 19.5 Å². The Morgan fingerprint density at radius 1 is 1.16 bits per heavy atom. The molecule has 0 aliphatic heterocycles. The summed E-state index contributed by atoms with van der Waals surface area (Å²) in [4.78, 5) is 0. The van der Waals surface area contributed by atoms with Gasteiger partial charge in [-0.2, -0.15) is 5.10 Å². The summed E-state index contributed by atoms with van der Waals surface area (Å²) in [7, 11) is 3.31. The Hall–Kier alpha value is -2.47. The number of halogens is 1. The first-order valence-electron chi connectivity index (χ1n) is 8.01. The van der Waals surface area contributed by atoms with Crippen molar-refractivity contribution >= 4 is 21.7 Å². The molecule has 0 unspecified atom stereocenters. The number of aromatic amines is 1. The van der Waals surface area contributed by atoms with E-state index in [1.54, 1.807) is 14.2 Å². The third-order valence-electron chi connectivity index (χ3n) is 4.52. The molecule has 0 saturated carbocycles. The van der Waals surface area contributed by atoms with Crippen LogP contribution in [-0.4, -0.2) is 24.4 Å². The van der Waals surface area contributed by atoms with E-state index in [-0.39, 0.29) is 0 Å². The summed E-state index contributed by atoms with van der Waals surface area (Å²) in [6.45, 7) is 0.710. The lowest BCUT2D eigenvalue weighted by Crippen LogP contribution is -2.02. The lowest BCUT2D eigenvalue weighted by atomic mass is 10.1. The Balaban J connectivity index is 1.62. The second-order valence-electron chi connectivity index (χ2n) is 5.91. The number of methoxy groups -OCH3 is 2. The number of fused-ring (bicyclic) bond motifs is 3. The van der Waals surface area contributed by atoms with Gasteiger partial charge in [0.25, 0.3) is 0 Å². The molecule has 0 amide bonds. The molecule has 0 atom stereocenters. The van der Waals surface area contributed by atoms with Crippen molar-refractivity contribution in [2.45, 2.75) is 13.0 Å². The van der Waals surface area contributed by atoms with Gasteiger partial charge >= 0.3 is 0 Å². The SMILES string of the molecule is COc1cc2c(cc1OC)-c1[nH]nc(NCc3ccccc3Br)c1C2. The number of nitrogens with one attached hydrogen (secondary N) is 2. The summed E-state index contributed by atoms with van der Waals surface area (Å²) in [6.07, 6.45) is 0.819. The van der Waals surface area contributed by atoms with E-state index in [2.05, 4.69) is 37.5 Å². The molecular weight excluding hydrogens is 382 g/mol. The molecular formula is C19H18BrN3O2. The van der Waals surface area contributed by atoms with Gasteiger partial charge in [0.05, 0.1) is 19.9 Å². The number of benzene rings is 2. The molecule has 0 spiro atoms. The van der Waals surface area contributed by atoms with Gasteiger partial charge in [0.1, 0.15) is 0 Å². The van der Waals surface area contributed by atoms with Gasteiger partial charge in [0.2, 0.25) is 0 Å². The minimum absolute atomic E-state index is 0.710. The first kappa shape index (κ1) is 16.0. The van der Waals surface area contributed by atoms with E-state index < -0.39 is 0 Å². The van der Waals surface area contributed by atoms with E-state index in [1.807, 2.05) is 30.3 Å². The van der Waals surface area contributed by atoms with E-state index in [0.29, 0.717) is 6.54 Å². The number of H-pyrrole nitrogens is 1. The molecule has 1 aliphatic rings. The molecule has 1 aromatic heterocycles. The topological polar surface area (TPSA) is 59.2 Å². The average molecular weight is 400 g/mol. The maximum atomic E-state index is 5.42. The van der Waals surface area contributed by atoms with Gasteiger partial charge in [-0.1, -0.05) is 34.1 Å². The van der Waals surface area contributed by atoms with E-state index in [9.17, 15) is 0 Å². The Morgan fingerprint density at radius 2 is 1.92 bits per heavy atom. The zero-order chi connectivity index (χ0) is 17.4. The minimum atomic E-state index is 0.710. The second-order valence-corrected chi connectivity index (χ2v) is 6.77. The van der Waals surface area contributed by atoms with Crippen molar-refractivity contribution in [1.29, 1.82) is 0 Å². The van der Waals surface area contributed by atoms with Gasteiger partial charge in [-0.15, -0.1) is 0 Å². The zero-order valence-electron chi connectivity index (χ0n) is 14.0. The van der Waals surface area contributed by atoms with Gasteiger partial charge in [0, 0.05) is 28.6 Å². The number of anilines is 1. The fourth-order valence-corrected chi connectivity index (χ4v) is 3.64. The van der Waals surface area contributed by atoms with Crippen LogP contribution >= 0.6 is 15.9 Å². The summed E-state index contributed by atoms with van der Waals surface area (Å²) in [5.74, 6) is 2.37. The fraction of sp³-hybridized carbons (Fsp3) is 0.211. The van der Waals surface area contributed by atoms with Gasteiger partial charge < -0.3 is 14.8 Å². The second kappa shape index (κ2) is 6.44. The summed E-state index contributed by atoms with van der Waals surface area (Å²) in [6, 6.07) is 12.2. The Kier molecular flexibility index (Phi) is 4.13. The summed E-state index contributed by atoms with van der Waals surface area (Å²) in [5, 5.41) is 11.1. The summed E-state index contributed by atoms with van der Waals surface area (Å²) >= 11 is 3.58. The summed E-state index contributed by atoms with van der Waals surface area (Å²) < 4.78 is 11.9. The fourth-order valence-electron chi connectivity index (χ4n) is 3.22. The van der Waals surface area contributed by atoms with Crippen LogP contribution in [0.2, 0.25) is 0 Å². The third kappa shape index (κ3) is 2.76. The molecule has 0 fully saturated rings. The molecule has 4 rings (SSSR count). The monoisotopic (exact) mass is 399 g/mol. The lowest BCUT2D eigenvalue weighted by Gasteiger charge is -2.10. The number of hydrogen-bond acceptors (Lipinski definition) is 4. The van der Waals surface area contributed by atoms with Crippen molar-refractivity contribution in [3.63, 3.8) is 0 Å². The van der Waals surface area contributed by atoms with Gasteiger partial charge in [0.15, 0.2) is 17.3 Å². The van der Waals surface area contributed by atoms with Crippen LogP contribution in [0.25, 0.3) is 11.3 Å². The van der Waals surface area contributed by atoms with Crippen molar-refractivity contribution in [3.8, 4) is 22.8 Å². The van der Waals surface area contributed by atoms with Crippen LogP contribution in [0.5, 0.6) is 11.5 Å². The van der Waals surface area contributed by atoms with E-state index in [1.165, 1.54) is 16.7 Å². The molecule has 2 N–H and O–H groups in total. The average Bonchev–Trinajstić information content (AvgIpc) is 3.18. The highest BCUT2D eigenvalue weighted by Gasteiger charge is 2.26. The highest BCUT2D eigenvalue weighted by Crippen LogP contribution is 2.43. The van der Waals surface area contributed by atoms with Crippen LogP contribution in [0, 0.1) is 0 Å². The number of nitrogens with zero attached hydrogens (tertiary/aromatic N) is 1. The zero-order valence-corrected chi connectivity index (χ0v) is 15.6. The number of aromatic nitrogens is 2. The highest BCUT2D eigenvalue weighted by atomic mass is 79.9. The predicted octanol–water partition coefficient (Wildman–Crippen LogP) is 4.37. The molecule has 6 heteroatoms. The minimum Gasteiger partial charge on any atom is -0.493 e.